The summed E-state index contributed by atoms with van der Waals surface area (Å²) in [6.45, 7) is 3.21. The summed E-state index contributed by atoms with van der Waals surface area (Å²) in [6, 6.07) is 9.96. The number of hydrogen-bond donors (Lipinski definition) is 1. The zero-order valence-corrected chi connectivity index (χ0v) is 11.5. The van der Waals surface area contributed by atoms with Crippen molar-refractivity contribution >= 4 is 5.91 Å². The molecule has 1 aromatic carbocycles. The molecule has 1 aliphatic heterocycles. The molecule has 1 fully saturated rings. The van der Waals surface area contributed by atoms with Gasteiger partial charge in [0, 0.05) is 26.2 Å². The fourth-order valence-electron chi connectivity index (χ4n) is 2.31. The molecular formula is C15H22N2O2. The highest BCUT2D eigenvalue weighted by Gasteiger charge is 2.24. The normalized spacial score (nSPS) is 18.3. The van der Waals surface area contributed by atoms with Crippen LogP contribution in [0, 0.1) is 0 Å². The molecule has 104 valence electrons. The second-order valence-corrected chi connectivity index (χ2v) is 5.17. The Balaban J connectivity index is 1.79. The highest BCUT2D eigenvalue weighted by atomic mass is 16.3. The molecule has 0 radical (unpaired) electrons. The van der Waals surface area contributed by atoms with Crippen LogP contribution >= 0.6 is 0 Å². The van der Waals surface area contributed by atoms with Crippen LogP contribution in [0.25, 0.3) is 0 Å². The van der Waals surface area contributed by atoms with Crippen molar-refractivity contribution in [3.63, 3.8) is 0 Å². The highest BCUT2D eigenvalue weighted by Crippen LogP contribution is 2.09. The number of nitrogens with zero attached hydrogens (tertiary/aromatic N) is 2. The molecule has 0 aliphatic carbocycles. The lowest BCUT2D eigenvalue weighted by Gasteiger charge is -2.33. The molecule has 0 bridgehead atoms. The van der Waals surface area contributed by atoms with Crippen molar-refractivity contribution in [1.29, 1.82) is 0 Å². The fraction of sp³-hybridized carbons (Fsp3) is 0.533. The number of benzene rings is 1. The number of amides is 1. The highest BCUT2D eigenvalue weighted by molar-refractivity contribution is 5.80. The molecular weight excluding hydrogens is 240 g/mol. The maximum atomic E-state index is 12.1. The molecule has 0 saturated carbocycles. The fourth-order valence-corrected chi connectivity index (χ4v) is 2.31. The van der Waals surface area contributed by atoms with E-state index in [1.165, 1.54) is 0 Å². The second kappa shape index (κ2) is 6.68. The first-order valence-corrected chi connectivity index (χ1v) is 6.86. The average Bonchev–Trinajstić information content (AvgIpc) is 2.46. The van der Waals surface area contributed by atoms with Gasteiger partial charge in [-0.15, -0.1) is 0 Å². The molecule has 1 saturated heterocycles. The lowest BCUT2D eigenvalue weighted by atomic mass is 10.1. The minimum Gasteiger partial charge on any atom is -0.383 e. The van der Waals surface area contributed by atoms with E-state index in [2.05, 4.69) is 4.90 Å². The van der Waals surface area contributed by atoms with Gasteiger partial charge in [-0.3, -0.25) is 4.79 Å². The molecule has 1 aromatic rings. The predicted molar refractivity (Wildman–Crippen MR) is 74.8 cm³/mol. The Morgan fingerprint density at radius 3 is 2.47 bits per heavy atom. The minimum absolute atomic E-state index is 0.121. The van der Waals surface area contributed by atoms with Gasteiger partial charge in [-0.1, -0.05) is 30.3 Å². The van der Waals surface area contributed by atoms with Gasteiger partial charge < -0.3 is 14.9 Å². The van der Waals surface area contributed by atoms with Gasteiger partial charge in [-0.25, -0.2) is 0 Å². The molecule has 1 atom stereocenters. The Labute approximate surface area is 114 Å². The van der Waals surface area contributed by atoms with Crippen molar-refractivity contribution in [1.82, 2.24) is 9.80 Å². The summed E-state index contributed by atoms with van der Waals surface area (Å²) in [5.74, 6) is -0.121. The van der Waals surface area contributed by atoms with Crippen LogP contribution in [0.3, 0.4) is 0 Å². The quantitative estimate of drug-likeness (QED) is 0.871. The predicted octanol–water partition coefficient (Wildman–Crippen LogP) is 0.754. The number of carbonyl (C=O) groups is 1. The Hall–Kier alpha value is -1.39. The smallest absolute Gasteiger partial charge is 0.251 e. The van der Waals surface area contributed by atoms with Gasteiger partial charge in [0.25, 0.3) is 5.91 Å². The van der Waals surface area contributed by atoms with Crippen LogP contribution in [0.1, 0.15) is 12.0 Å². The van der Waals surface area contributed by atoms with E-state index in [1.807, 2.05) is 37.4 Å². The van der Waals surface area contributed by atoms with Crippen LogP contribution in [0.5, 0.6) is 0 Å². The molecule has 19 heavy (non-hydrogen) atoms. The Kier molecular flexibility index (Phi) is 4.93. The molecule has 0 spiro atoms. The molecule has 4 heteroatoms. The zero-order chi connectivity index (χ0) is 13.7. The van der Waals surface area contributed by atoms with E-state index in [9.17, 15) is 9.90 Å². The van der Waals surface area contributed by atoms with Crippen molar-refractivity contribution in [3.8, 4) is 0 Å². The molecule has 1 heterocycles. The van der Waals surface area contributed by atoms with Gasteiger partial charge in [0.05, 0.1) is 0 Å². The Morgan fingerprint density at radius 1 is 1.21 bits per heavy atom. The van der Waals surface area contributed by atoms with Crippen LogP contribution in [-0.2, 0) is 11.2 Å². The molecule has 0 unspecified atom stereocenters. The van der Waals surface area contributed by atoms with E-state index in [0.29, 0.717) is 6.42 Å². The summed E-state index contributed by atoms with van der Waals surface area (Å²) in [6.07, 6.45) is 0.361. The van der Waals surface area contributed by atoms with E-state index in [1.54, 1.807) is 4.90 Å². The number of rotatable bonds is 4. The lowest BCUT2D eigenvalue weighted by molar-refractivity contribution is -0.142. The minimum atomic E-state index is -0.872. The molecule has 0 aromatic heterocycles. The van der Waals surface area contributed by atoms with Crippen LogP contribution in [0.4, 0.5) is 0 Å². The van der Waals surface area contributed by atoms with Crippen LogP contribution in [0.2, 0.25) is 0 Å². The SMILES string of the molecule is CN1CCN(C(=O)[C@H](O)CCc2ccccc2)CC1. The van der Waals surface area contributed by atoms with Crippen molar-refractivity contribution in [3.05, 3.63) is 35.9 Å². The third kappa shape index (κ3) is 4.04. The number of likely N-dealkylation sites (N-methyl/N-ethyl adjacent to an activating group) is 1. The zero-order valence-electron chi connectivity index (χ0n) is 11.5. The standard InChI is InChI=1S/C15H22N2O2/c1-16-9-11-17(12-10-16)15(19)14(18)8-7-13-5-3-2-4-6-13/h2-6,14,18H,7-12H2,1H3/t14-/m1/s1. The van der Waals surface area contributed by atoms with E-state index in [4.69, 9.17) is 0 Å². The number of piperazine rings is 1. The van der Waals surface area contributed by atoms with E-state index >= 15 is 0 Å². The lowest BCUT2D eigenvalue weighted by Crippen LogP contribution is -2.50. The summed E-state index contributed by atoms with van der Waals surface area (Å²) in [5, 5.41) is 9.99. The van der Waals surface area contributed by atoms with Gasteiger partial charge in [-0.05, 0) is 25.5 Å². The summed E-state index contributed by atoms with van der Waals surface area (Å²) in [4.78, 5) is 16.1. The van der Waals surface area contributed by atoms with Crippen molar-refractivity contribution in [2.75, 3.05) is 33.2 Å². The summed E-state index contributed by atoms with van der Waals surface area (Å²) in [7, 11) is 2.05. The van der Waals surface area contributed by atoms with Gasteiger partial charge in [0.1, 0.15) is 6.10 Å². The van der Waals surface area contributed by atoms with Crippen molar-refractivity contribution in [2.45, 2.75) is 18.9 Å². The van der Waals surface area contributed by atoms with Crippen molar-refractivity contribution < 1.29 is 9.90 Å². The third-order valence-corrected chi connectivity index (χ3v) is 3.65. The second-order valence-electron chi connectivity index (χ2n) is 5.17. The van der Waals surface area contributed by atoms with E-state index in [-0.39, 0.29) is 5.91 Å². The number of hydrogen-bond acceptors (Lipinski definition) is 3. The Morgan fingerprint density at radius 2 is 1.84 bits per heavy atom. The number of carbonyl (C=O) groups excluding carboxylic acids is 1. The monoisotopic (exact) mass is 262 g/mol. The molecule has 1 N–H and O–H groups in total. The third-order valence-electron chi connectivity index (χ3n) is 3.65. The van der Waals surface area contributed by atoms with Crippen molar-refractivity contribution in [2.24, 2.45) is 0 Å². The van der Waals surface area contributed by atoms with Gasteiger partial charge >= 0.3 is 0 Å². The van der Waals surface area contributed by atoms with Crippen LogP contribution < -0.4 is 0 Å². The van der Waals surface area contributed by atoms with Crippen LogP contribution in [0.15, 0.2) is 30.3 Å². The summed E-state index contributed by atoms with van der Waals surface area (Å²) in [5.41, 5.74) is 1.16. The van der Waals surface area contributed by atoms with Gasteiger partial charge in [0.15, 0.2) is 0 Å². The van der Waals surface area contributed by atoms with Crippen LogP contribution in [-0.4, -0.2) is 60.1 Å². The average molecular weight is 262 g/mol. The molecule has 4 nitrogen and oxygen atoms in total. The molecule has 2 rings (SSSR count). The largest absolute Gasteiger partial charge is 0.383 e. The first-order chi connectivity index (χ1) is 9.16. The van der Waals surface area contributed by atoms with Gasteiger partial charge in [-0.2, -0.15) is 0 Å². The molecule has 1 aliphatic rings. The maximum absolute atomic E-state index is 12.1. The van der Waals surface area contributed by atoms with Gasteiger partial charge in [0.2, 0.25) is 0 Å². The number of aliphatic hydroxyl groups is 1. The summed E-state index contributed by atoms with van der Waals surface area (Å²) < 4.78 is 0. The van der Waals surface area contributed by atoms with E-state index in [0.717, 1.165) is 38.2 Å². The maximum Gasteiger partial charge on any atom is 0.251 e. The van der Waals surface area contributed by atoms with E-state index < -0.39 is 6.10 Å². The molecule has 1 amide bonds. The number of aryl methyl sites for hydroxylation is 1. The first kappa shape index (κ1) is 14.0. The Bertz CT molecular complexity index is 400. The first-order valence-electron chi connectivity index (χ1n) is 6.86. The topological polar surface area (TPSA) is 43.8 Å². The number of aliphatic hydroxyl groups excluding tert-OH is 1. The summed E-state index contributed by atoms with van der Waals surface area (Å²) >= 11 is 0.